The number of fused-ring (bicyclic) bond motifs is 1. The number of Topliss-reactive ketones (excluding diaryl/α,β-unsaturated/α-hetero) is 1. The Morgan fingerprint density at radius 2 is 2.12 bits per heavy atom. The van der Waals surface area contributed by atoms with Crippen molar-refractivity contribution in [3.05, 3.63) is 40.8 Å². The second kappa shape index (κ2) is 7.84. The number of nitrogens with one attached hydrogen (secondary N) is 1. The highest BCUT2D eigenvalue weighted by Crippen LogP contribution is 2.27. The molecule has 136 valence electrons. The van der Waals surface area contributed by atoms with Crippen molar-refractivity contribution in [1.82, 2.24) is 19.9 Å². The summed E-state index contributed by atoms with van der Waals surface area (Å²) in [6.07, 6.45) is 3.60. The Hall–Kier alpha value is -2.45. The van der Waals surface area contributed by atoms with Crippen molar-refractivity contribution in [2.24, 2.45) is 0 Å². The van der Waals surface area contributed by atoms with E-state index in [1.54, 1.807) is 19.3 Å². The van der Waals surface area contributed by atoms with Gasteiger partial charge in [0.05, 0.1) is 17.2 Å². The molecular formula is C18H21N5O2S. The van der Waals surface area contributed by atoms with E-state index in [9.17, 15) is 9.90 Å². The maximum Gasteiger partial charge on any atom is 0.225 e. The molecule has 0 saturated carbocycles. The number of ketones is 1. The smallest absolute Gasteiger partial charge is 0.225 e. The number of hydrogen-bond donors (Lipinski definition) is 2. The molecule has 0 aliphatic heterocycles. The zero-order valence-electron chi connectivity index (χ0n) is 14.9. The summed E-state index contributed by atoms with van der Waals surface area (Å²) in [6, 6.07) is 3.76. The number of nitrogens with zero attached hydrogens (tertiary/aromatic N) is 4. The second-order valence-electron chi connectivity index (χ2n) is 6.24. The third-order valence-corrected chi connectivity index (χ3v) is 4.91. The van der Waals surface area contributed by atoms with Crippen molar-refractivity contribution in [3.8, 4) is 0 Å². The molecule has 0 unspecified atom stereocenters. The number of rotatable bonds is 7. The second-order valence-corrected chi connectivity index (χ2v) is 7.45. The lowest BCUT2D eigenvalue weighted by molar-refractivity contribution is 0.0946. The molecule has 0 spiro atoms. The van der Waals surface area contributed by atoms with E-state index in [2.05, 4.69) is 25.3 Å². The number of thiazole rings is 1. The molecular weight excluding hydrogens is 350 g/mol. The SMILES string of the molecule is Cc1nc2nc(N[C@@H](C)c3cccnc3)nc(C(=O)CC[C@H](C)O)c2s1. The molecule has 3 aromatic rings. The zero-order chi connectivity index (χ0) is 18.7. The maximum atomic E-state index is 12.6. The first-order chi connectivity index (χ1) is 12.4. The lowest BCUT2D eigenvalue weighted by Gasteiger charge is -2.14. The molecule has 8 heteroatoms. The third kappa shape index (κ3) is 4.20. The van der Waals surface area contributed by atoms with Crippen molar-refractivity contribution >= 4 is 33.4 Å². The third-order valence-electron chi connectivity index (χ3n) is 3.94. The molecule has 0 bridgehead atoms. The summed E-state index contributed by atoms with van der Waals surface area (Å²) in [5.74, 6) is 0.249. The van der Waals surface area contributed by atoms with Gasteiger partial charge in [-0.1, -0.05) is 6.07 Å². The number of carbonyl (C=O) groups excluding carboxylic acids is 1. The van der Waals surface area contributed by atoms with E-state index in [1.165, 1.54) is 11.3 Å². The van der Waals surface area contributed by atoms with Crippen LogP contribution >= 0.6 is 11.3 Å². The predicted molar refractivity (Wildman–Crippen MR) is 101 cm³/mol. The zero-order valence-corrected chi connectivity index (χ0v) is 15.7. The number of anilines is 1. The van der Waals surface area contributed by atoms with Crippen molar-refractivity contribution < 1.29 is 9.90 Å². The Morgan fingerprint density at radius 1 is 1.31 bits per heavy atom. The van der Waals surface area contributed by atoms with Gasteiger partial charge in [0.25, 0.3) is 0 Å². The lowest BCUT2D eigenvalue weighted by atomic mass is 10.1. The maximum absolute atomic E-state index is 12.6. The van der Waals surface area contributed by atoms with E-state index in [0.29, 0.717) is 28.4 Å². The van der Waals surface area contributed by atoms with Gasteiger partial charge >= 0.3 is 0 Å². The minimum Gasteiger partial charge on any atom is -0.393 e. The van der Waals surface area contributed by atoms with Gasteiger partial charge in [0.15, 0.2) is 11.4 Å². The first kappa shape index (κ1) is 18.3. The number of aliphatic hydroxyl groups is 1. The Kier molecular flexibility index (Phi) is 5.53. The average Bonchev–Trinajstić information content (AvgIpc) is 2.99. The highest BCUT2D eigenvalue weighted by Gasteiger charge is 2.19. The summed E-state index contributed by atoms with van der Waals surface area (Å²) in [7, 11) is 0. The molecule has 0 fully saturated rings. The Bertz CT molecular complexity index is 911. The van der Waals surface area contributed by atoms with Gasteiger partial charge in [0, 0.05) is 18.8 Å². The minimum atomic E-state index is -0.525. The van der Waals surface area contributed by atoms with Crippen molar-refractivity contribution in [2.75, 3.05) is 5.32 Å². The van der Waals surface area contributed by atoms with E-state index < -0.39 is 6.10 Å². The number of hydrogen-bond acceptors (Lipinski definition) is 8. The highest BCUT2D eigenvalue weighted by molar-refractivity contribution is 7.18. The largest absolute Gasteiger partial charge is 0.393 e. The fraction of sp³-hybridized carbons (Fsp3) is 0.389. The molecule has 0 amide bonds. The molecule has 0 aliphatic rings. The predicted octanol–water partition coefficient (Wildman–Crippen LogP) is 3.31. The molecule has 26 heavy (non-hydrogen) atoms. The number of aromatic nitrogens is 4. The van der Waals surface area contributed by atoms with Crippen LogP contribution in [0.25, 0.3) is 10.3 Å². The van der Waals surface area contributed by atoms with Gasteiger partial charge in [-0.25, -0.2) is 9.97 Å². The van der Waals surface area contributed by atoms with E-state index in [-0.39, 0.29) is 18.2 Å². The summed E-state index contributed by atoms with van der Waals surface area (Å²) in [5.41, 5.74) is 1.87. The van der Waals surface area contributed by atoms with E-state index in [1.807, 2.05) is 26.0 Å². The number of pyridine rings is 1. The van der Waals surface area contributed by atoms with E-state index in [0.717, 1.165) is 10.6 Å². The van der Waals surface area contributed by atoms with Crippen molar-refractivity contribution in [2.45, 2.75) is 45.8 Å². The van der Waals surface area contributed by atoms with Crippen LogP contribution in [0.15, 0.2) is 24.5 Å². The van der Waals surface area contributed by atoms with Crippen LogP contribution in [0, 0.1) is 6.92 Å². The van der Waals surface area contributed by atoms with Crippen LogP contribution in [0.1, 0.15) is 53.8 Å². The lowest BCUT2D eigenvalue weighted by Crippen LogP contribution is -2.13. The summed E-state index contributed by atoms with van der Waals surface area (Å²) < 4.78 is 0.692. The molecule has 2 atom stereocenters. The molecule has 7 nitrogen and oxygen atoms in total. The normalized spacial score (nSPS) is 13.5. The highest BCUT2D eigenvalue weighted by atomic mass is 32.1. The van der Waals surface area contributed by atoms with Crippen LogP contribution in [0.5, 0.6) is 0 Å². The average molecular weight is 371 g/mol. The molecule has 3 heterocycles. The first-order valence-electron chi connectivity index (χ1n) is 8.47. The van der Waals surface area contributed by atoms with Crippen LogP contribution in [-0.4, -0.2) is 36.9 Å². The Balaban J connectivity index is 1.92. The standard InChI is InChI=1S/C18H21N5O2S/c1-10(24)6-7-14(25)15-16-17(21-12(3)26-16)23-18(22-15)20-11(2)13-5-4-8-19-9-13/h4-5,8-11,24H,6-7H2,1-3H3,(H,20,22,23)/t10-,11-/m0/s1. The Labute approximate surface area is 155 Å². The van der Waals surface area contributed by atoms with Gasteiger partial charge in [-0.15, -0.1) is 11.3 Å². The summed E-state index contributed by atoms with van der Waals surface area (Å²) in [4.78, 5) is 30.1. The first-order valence-corrected chi connectivity index (χ1v) is 9.28. The van der Waals surface area contributed by atoms with Crippen LogP contribution < -0.4 is 5.32 Å². The molecule has 0 aromatic carbocycles. The number of carbonyl (C=O) groups is 1. The number of aliphatic hydroxyl groups excluding tert-OH is 1. The summed E-state index contributed by atoms with van der Waals surface area (Å²) >= 11 is 1.41. The van der Waals surface area contributed by atoms with Crippen LogP contribution in [0.2, 0.25) is 0 Å². The van der Waals surface area contributed by atoms with E-state index >= 15 is 0 Å². The van der Waals surface area contributed by atoms with E-state index in [4.69, 9.17) is 0 Å². The van der Waals surface area contributed by atoms with Gasteiger partial charge in [0.2, 0.25) is 5.95 Å². The van der Waals surface area contributed by atoms with Gasteiger partial charge in [-0.05, 0) is 38.8 Å². The van der Waals surface area contributed by atoms with Crippen LogP contribution in [-0.2, 0) is 0 Å². The Morgan fingerprint density at radius 3 is 2.81 bits per heavy atom. The molecule has 3 rings (SSSR count). The fourth-order valence-electron chi connectivity index (χ4n) is 2.55. The van der Waals surface area contributed by atoms with Gasteiger partial charge < -0.3 is 10.4 Å². The molecule has 0 radical (unpaired) electrons. The molecule has 0 saturated heterocycles. The number of aryl methyl sites for hydroxylation is 1. The summed E-state index contributed by atoms with van der Waals surface area (Å²) in [5, 5.41) is 13.5. The quantitative estimate of drug-likeness (QED) is 0.614. The van der Waals surface area contributed by atoms with Gasteiger partial charge in [0.1, 0.15) is 10.4 Å². The topological polar surface area (TPSA) is 101 Å². The van der Waals surface area contributed by atoms with Gasteiger partial charge in [-0.3, -0.25) is 9.78 Å². The van der Waals surface area contributed by atoms with Crippen molar-refractivity contribution in [1.29, 1.82) is 0 Å². The van der Waals surface area contributed by atoms with Crippen molar-refractivity contribution in [3.63, 3.8) is 0 Å². The molecule has 0 aliphatic carbocycles. The molecule has 2 N–H and O–H groups in total. The summed E-state index contributed by atoms with van der Waals surface area (Å²) in [6.45, 7) is 5.52. The van der Waals surface area contributed by atoms with Crippen LogP contribution in [0.4, 0.5) is 5.95 Å². The van der Waals surface area contributed by atoms with Gasteiger partial charge in [-0.2, -0.15) is 4.98 Å². The minimum absolute atomic E-state index is 0.0682. The fourth-order valence-corrected chi connectivity index (χ4v) is 3.42. The monoisotopic (exact) mass is 371 g/mol. The molecule has 3 aromatic heterocycles. The van der Waals surface area contributed by atoms with Crippen LogP contribution in [0.3, 0.4) is 0 Å².